The van der Waals surface area contributed by atoms with Crippen molar-refractivity contribution in [1.29, 1.82) is 5.26 Å². The number of nitriles is 1. The molecule has 0 saturated carbocycles. The molecular weight excluding hydrogens is 252 g/mol. The molecule has 7 heteroatoms. The third kappa shape index (κ3) is 3.31. The van der Waals surface area contributed by atoms with Crippen LogP contribution < -0.4 is 4.72 Å². The van der Waals surface area contributed by atoms with E-state index in [1.807, 2.05) is 19.9 Å². The van der Waals surface area contributed by atoms with E-state index in [9.17, 15) is 8.42 Å². The number of aromatic nitrogens is 2. The van der Waals surface area contributed by atoms with Gasteiger partial charge in [0.25, 0.3) is 10.0 Å². The molecule has 1 unspecified atom stereocenters. The molecule has 0 saturated heterocycles. The molecule has 1 aromatic rings. The second-order valence-electron chi connectivity index (χ2n) is 4.00. The highest BCUT2D eigenvalue weighted by Crippen LogP contribution is 2.10. The normalized spacial score (nSPS) is 13.2. The summed E-state index contributed by atoms with van der Waals surface area (Å²) in [5, 5.41) is 8.84. The van der Waals surface area contributed by atoms with Gasteiger partial charge in [0.05, 0.1) is 6.07 Å². The highest BCUT2D eigenvalue weighted by atomic mass is 32.2. The van der Waals surface area contributed by atoms with Crippen LogP contribution in [0.5, 0.6) is 0 Å². The Morgan fingerprint density at radius 1 is 1.56 bits per heavy atom. The highest BCUT2D eigenvalue weighted by molar-refractivity contribution is 7.89. The first-order valence-corrected chi connectivity index (χ1v) is 7.38. The topological polar surface area (TPSA) is 87.8 Å². The molecule has 100 valence electrons. The number of imidazole rings is 1. The van der Waals surface area contributed by atoms with E-state index in [0.717, 1.165) is 6.42 Å². The Bertz CT molecular complexity index is 542. The van der Waals surface area contributed by atoms with E-state index in [1.165, 1.54) is 6.20 Å². The first kappa shape index (κ1) is 14.7. The number of hydrogen-bond acceptors (Lipinski definition) is 4. The van der Waals surface area contributed by atoms with Crippen LogP contribution in [0.2, 0.25) is 0 Å². The molecular formula is C11H18N4O2S. The Kier molecular flexibility index (Phi) is 4.87. The van der Waals surface area contributed by atoms with Gasteiger partial charge < -0.3 is 4.57 Å². The summed E-state index contributed by atoms with van der Waals surface area (Å²) in [4.78, 5) is 4.00. The molecule has 0 aliphatic rings. The van der Waals surface area contributed by atoms with E-state index in [4.69, 9.17) is 5.26 Å². The minimum absolute atomic E-state index is 0.0294. The lowest BCUT2D eigenvalue weighted by atomic mass is 10.2. The van der Waals surface area contributed by atoms with Crippen LogP contribution in [-0.4, -0.2) is 24.0 Å². The molecule has 0 bridgehead atoms. The van der Waals surface area contributed by atoms with Gasteiger partial charge in [-0.25, -0.2) is 13.4 Å². The summed E-state index contributed by atoms with van der Waals surface area (Å²) in [6.07, 6.45) is 2.71. The molecule has 1 rings (SSSR count). The molecule has 0 amide bonds. The molecule has 0 spiro atoms. The lowest BCUT2D eigenvalue weighted by Crippen LogP contribution is -2.33. The maximum Gasteiger partial charge on any atom is 0.260 e. The van der Waals surface area contributed by atoms with Crippen LogP contribution in [0, 0.1) is 18.3 Å². The van der Waals surface area contributed by atoms with Crippen LogP contribution in [0.3, 0.4) is 0 Å². The van der Waals surface area contributed by atoms with Crippen molar-refractivity contribution in [2.75, 3.05) is 0 Å². The second-order valence-corrected chi connectivity index (χ2v) is 5.66. The molecule has 0 fully saturated rings. The summed E-state index contributed by atoms with van der Waals surface area (Å²) in [7, 11) is -3.71. The van der Waals surface area contributed by atoms with Crippen LogP contribution in [-0.2, 0) is 16.6 Å². The zero-order chi connectivity index (χ0) is 13.8. The van der Waals surface area contributed by atoms with Crippen LogP contribution in [0.25, 0.3) is 0 Å². The monoisotopic (exact) mass is 270 g/mol. The van der Waals surface area contributed by atoms with Gasteiger partial charge in [0.15, 0.2) is 5.03 Å². The van der Waals surface area contributed by atoms with Crippen molar-refractivity contribution >= 4 is 10.0 Å². The van der Waals surface area contributed by atoms with E-state index in [2.05, 4.69) is 9.71 Å². The molecule has 0 aliphatic heterocycles. The van der Waals surface area contributed by atoms with E-state index in [0.29, 0.717) is 18.8 Å². The zero-order valence-electron chi connectivity index (χ0n) is 10.8. The van der Waals surface area contributed by atoms with Gasteiger partial charge in [-0.3, -0.25) is 0 Å². The van der Waals surface area contributed by atoms with Crippen LogP contribution in [0.4, 0.5) is 0 Å². The predicted octanol–water partition coefficient (Wildman–Crippen LogP) is 1.18. The second kappa shape index (κ2) is 5.98. The van der Waals surface area contributed by atoms with Crippen LogP contribution >= 0.6 is 0 Å². The van der Waals surface area contributed by atoms with Gasteiger partial charge in [-0.15, -0.1) is 0 Å². The summed E-state index contributed by atoms with van der Waals surface area (Å²) < 4.78 is 28.1. The Balaban J connectivity index is 2.96. The largest absolute Gasteiger partial charge is 0.334 e. The van der Waals surface area contributed by atoms with Crippen LogP contribution in [0.1, 0.15) is 32.5 Å². The van der Waals surface area contributed by atoms with E-state index >= 15 is 0 Å². The first-order chi connectivity index (χ1) is 8.44. The van der Waals surface area contributed by atoms with Gasteiger partial charge in [-0.05, 0) is 20.3 Å². The Morgan fingerprint density at radius 2 is 2.22 bits per heavy atom. The average molecular weight is 270 g/mol. The van der Waals surface area contributed by atoms with Gasteiger partial charge in [0.2, 0.25) is 0 Å². The third-order valence-corrected chi connectivity index (χ3v) is 3.94. The molecule has 1 N–H and O–H groups in total. The molecule has 0 aliphatic carbocycles. The minimum Gasteiger partial charge on any atom is -0.334 e. The molecule has 18 heavy (non-hydrogen) atoms. The van der Waals surface area contributed by atoms with Crippen molar-refractivity contribution in [1.82, 2.24) is 14.3 Å². The maximum absolute atomic E-state index is 12.0. The third-order valence-electron chi connectivity index (χ3n) is 2.60. The lowest BCUT2D eigenvalue weighted by molar-refractivity contribution is 0.559. The van der Waals surface area contributed by atoms with Crippen molar-refractivity contribution in [2.24, 2.45) is 0 Å². The van der Waals surface area contributed by atoms with Gasteiger partial charge >= 0.3 is 0 Å². The number of rotatable bonds is 6. The summed E-state index contributed by atoms with van der Waals surface area (Å²) in [6.45, 7) is 6.21. The van der Waals surface area contributed by atoms with Crippen molar-refractivity contribution in [3.05, 3.63) is 12.0 Å². The van der Waals surface area contributed by atoms with Gasteiger partial charge in [0.1, 0.15) is 11.9 Å². The van der Waals surface area contributed by atoms with Gasteiger partial charge in [-0.2, -0.15) is 9.98 Å². The molecule has 0 radical (unpaired) electrons. The standard InChI is InChI=1S/C11H18N4O2S/c1-4-6-10(7-12)14-18(16,17)11-8-15(5-2)9(3)13-11/h8,10,14H,4-6H2,1-3H3. The highest BCUT2D eigenvalue weighted by Gasteiger charge is 2.22. The van der Waals surface area contributed by atoms with Crippen molar-refractivity contribution in [3.63, 3.8) is 0 Å². The predicted molar refractivity (Wildman–Crippen MR) is 67.3 cm³/mol. The Morgan fingerprint density at radius 3 is 2.67 bits per heavy atom. The fourth-order valence-corrected chi connectivity index (χ4v) is 2.80. The average Bonchev–Trinajstić information content (AvgIpc) is 2.70. The fourth-order valence-electron chi connectivity index (χ4n) is 1.62. The van der Waals surface area contributed by atoms with Crippen molar-refractivity contribution < 1.29 is 8.42 Å². The zero-order valence-corrected chi connectivity index (χ0v) is 11.7. The number of hydrogen-bond donors (Lipinski definition) is 1. The maximum atomic E-state index is 12.0. The van der Waals surface area contributed by atoms with Crippen molar-refractivity contribution in [3.8, 4) is 6.07 Å². The molecule has 1 aromatic heterocycles. The molecule has 1 atom stereocenters. The van der Waals surface area contributed by atoms with Crippen molar-refractivity contribution in [2.45, 2.75) is 51.2 Å². The summed E-state index contributed by atoms with van der Waals surface area (Å²) in [5.41, 5.74) is 0. The summed E-state index contributed by atoms with van der Waals surface area (Å²) in [5.74, 6) is 0.641. The number of sulfonamides is 1. The number of aryl methyl sites for hydroxylation is 2. The van der Waals surface area contributed by atoms with Crippen LogP contribution in [0.15, 0.2) is 11.2 Å². The first-order valence-electron chi connectivity index (χ1n) is 5.90. The molecule has 6 nitrogen and oxygen atoms in total. The SMILES string of the molecule is CCCC(C#N)NS(=O)(=O)c1cn(CC)c(C)n1. The Hall–Kier alpha value is -1.39. The number of nitrogens with zero attached hydrogens (tertiary/aromatic N) is 3. The van der Waals surface area contributed by atoms with Gasteiger partial charge in [-0.1, -0.05) is 13.3 Å². The van der Waals surface area contributed by atoms with E-state index in [-0.39, 0.29) is 5.03 Å². The van der Waals surface area contributed by atoms with E-state index in [1.54, 1.807) is 11.5 Å². The smallest absolute Gasteiger partial charge is 0.260 e. The summed E-state index contributed by atoms with van der Waals surface area (Å²) >= 11 is 0. The summed E-state index contributed by atoms with van der Waals surface area (Å²) in [6, 6.07) is 1.24. The number of nitrogens with one attached hydrogen (secondary N) is 1. The lowest BCUT2D eigenvalue weighted by Gasteiger charge is -2.08. The fraction of sp³-hybridized carbons (Fsp3) is 0.636. The Labute approximate surface area is 108 Å². The molecule has 0 aromatic carbocycles. The quantitative estimate of drug-likeness (QED) is 0.840. The minimum atomic E-state index is -3.71. The van der Waals surface area contributed by atoms with E-state index < -0.39 is 16.1 Å². The molecule has 1 heterocycles. The van der Waals surface area contributed by atoms with Gasteiger partial charge in [0, 0.05) is 12.7 Å².